The maximum absolute atomic E-state index is 13.5. The standard InChI is InChI=1S/C16H23ClFN/c1-16(2)8-4-5-12(16)15(19-3)10-11-6-7-13(17)14(18)9-11/h6-7,9,12,15,19H,4-5,8,10H2,1-3H3. The summed E-state index contributed by atoms with van der Waals surface area (Å²) in [7, 11) is 2.01. The van der Waals surface area contributed by atoms with E-state index >= 15 is 0 Å². The third-order valence-electron chi connectivity index (χ3n) is 4.64. The largest absolute Gasteiger partial charge is 0.316 e. The molecule has 1 aromatic carbocycles. The molecule has 2 atom stereocenters. The van der Waals surface area contributed by atoms with Crippen molar-refractivity contribution in [1.82, 2.24) is 5.32 Å². The molecular formula is C16H23ClFN. The fourth-order valence-electron chi connectivity index (χ4n) is 3.47. The molecule has 1 aromatic rings. The molecule has 0 aliphatic heterocycles. The minimum Gasteiger partial charge on any atom is -0.316 e. The first-order chi connectivity index (χ1) is 8.94. The van der Waals surface area contributed by atoms with Crippen LogP contribution in [0.25, 0.3) is 0 Å². The quantitative estimate of drug-likeness (QED) is 0.862. The first kappa shape index (κ1) is 14.8. The van der Waals surface area contributed by atoms with E-state index in [0.29, 0.717) is 17.4 Å². The topological polar surface area (TPSA) is 12.0 Å². The van der Waals surface area contributed by atoms with Gasteiger partial charge in [0.2, 0.25) is 0 Å². The Kier molecular flexibility index (Phi) is 4.52. The zero-order chi connectivity index (χ0) is 14.0. The van der Waals surface area contributed by atoms with Crippen molar-refractivity contribution >= 4 is 11.6 Å². The number of benzene rings is 1. The Balaban J connectivity index is 2.12. The van der Waals surface area contributed by atoms with Crippen LogP contribution in [-0.2, 0) is 6.42 Å². The van der Waals surface area contributed by atoms with Gasteiger partial charge in [-0.1, -0.05) is 37.9 Å². The van der Waals surface area contributed by atoms with Crippen LogP contribution < -0.4 is 5.32 Å². The monoisotopic (exact) mass is 283 g/mol. The first-order valence-corrected chi connectivity index (χ1v) is 7.43. The lowest BCUT2D eigenvalue weighted by Crippen LogP contribution is -2.40. The van der Waals surface area contributed by atoms with E-state index in [-0.39, 0.29) is 10.8 Å². The fraction of sp³-hybridized carbons (Fsp3) is 0.625. The second kappa shape index (κ2) is 5.80. The Morgan fingerprint density at radius 1 is 1.47 bits per heavy atom. The molecule has 0 spiro atoms. The molecule has 1 nitrogen and oxygen atoms in total. The van der Waals surface area contributed by atoms with E-state index in [1.54, 1.807) is 12.1 Å². The summed E-state index contributed by atoms with van der Waals surface area (Å²) in [5.41, 5.74) is 1.39. The van der Waals surface area contributed by atoms with Crippen molar-refractivity contribution in [2.45, 2.75) is 45.6 Å². The highest BCUT2D eigenvalue weighted by Gasteiger charge is 2.38. The Labute approximate surface area is 120 Å². The second-order valence-electron chi connectivity index (χ2n) is 6.34. The summed E-state index contributed by atoms with van der Waals surface area (Å²) in [6.07, 6.45) is 4.70. The van der Waals surface area contributed by atoms with Crippen LogP contribution in [0.15, 0.2) is 18.2 Å². The molecule has 0 amide bonds. The second-order valence-corrected chi connectivity index (χ2v) is 6.74. The lowest BCUT2D eigenvalue weighted by atomic mass is 9.76. The lowest BCUT2D eigenvalue weighted by molar-refractivity contribution is 0.201. The Hall–Kier alpha value is -0.600. The van der Waals surface area contributed by atoms with E-state index in [1.807, 2.05) is 13.1 Å². The van der Waals surface area contributed by atoms with Gasteiger partial charge < -0.3 is 5.32 Å². The third-order valence-corrected chi connectivity index (χ3v) is 4.94. The van der Waals surface area contributed by atoms with Gasteiger partial charge in [0.25, 0.3) is 0 Å². The summed E-state index contributed by atoms with van der Waals surface area (Å²) in [5.74, 6) is 0.330. The van der Waals surface area contributed by atoms with Gasteiger partial charge in [0.1, 0.15) is 5.82 Å². The number of rotatable bonds is 4. The van der Waals surface area contributed by atoms with Gasteiger partial charge in [-0.15, -0.1) is 0 Å². The van der Waals surface area contributed by atoms with Crippen molar-refractivity contribution in [1.29, 1.82) is 0 Å². The minimum atomic E-state index is -0.320. The van der Waals surface area contributed by atoms with Crippen LogP contribution in [0.4, 0.5) is 4.39 Å². The van der Waals surface area contributed by atoms with E-state index in [2.05, 4.69) is 19.2 Å². The summed E-state index contributed by atoms with van der Waals surface area (Å²) in [5, 5.41) is 3.63. The number of hydrogen-bond acceptors (Lipinski definition) is 1. The molecule has 106 valence electrons. The summed E-state index contributed by atoms with van der Waals surface area (Å²) < 4.78 is 13.5. The van der Waals surface area contributed by atoms with Crippen molar-refractivity contribution in [2.24, 2.45) is 11.3 Å². The summed E-state index contributed by atoms with van der Waals surface area (Å²) in [6, 6.07) is 5.54. The molecule has 0 saturated heterocycles. The molecular weight excluding hydrogens is 261 g/mol. The molecule has 0 aromatic heterocycles. The zero-order valence-corrected chi connectivity index (χ0v) is 12.7. The third kappa shape index (κ3) is 3.29. The van der Waals surface area contributed by atoms with Crippen LogP contribution in [0.3, 0.4) is 0 Å². The number of nitrogens with one attached hydrogen (secondary N) is 1. The predicted octanol–water partition coefficient (Wildman–Crippen LogP) is 4.44. The molecule has 3 heteroatoms. The van der Waals surface area contributed by atoms with E-state index in [4.69, 9.17) is 11.6 Å². The van der Waals surface area contributed by atoms with Crippen LogP contribution in [0, 0.1) is 17.2 Å². The molecule has 2 unspecified atom stereocenters. The van der Waals surface area contributed by atoms with Gasteiger partial charge in [0, 0.05) is 6.04 Å². The first-order valence-electron chi connectivity index (χ1n) is 7.05. The smallest absolute Gasteiger partial charge is 0.142 e. The molecule has 19 heavy (non-hydrogen) atoms. The van der Waals surface area contributed by atoms with Crippen molar-refractivity contribution < 1.29 is 4.39 Å². The van der Waals surface area contributed by atoms with Crippen LogP contribution in [0.1, 0.15) is 38.7 Å². The van der Waals surface area contributed by atoms with Crippen LogP contribution >= 0.6 is 11.6 Å². The zero-order valence-electron chi connectivity index (χ0n) is 12.0. The maximum atomic E-state index is 13.5. The number of hydrogen-bond donors (Lipinski definition) is 1. The summed E-state index contributed by atoms with van der Waals surface area (Å²) in [4.78, 5) is 0. The van der Waals surface area contributed by atoms with Crippen molar-refractivity contribution in [3.05, 3.63) is 34.6 Å². The van der Waals surface area contributed by atoms with E-state index in [9.17, 15) is 4.39 Å². The van der Waals surface area contributed by atoms with Crippen LogP contribution in [0.5, 0.6) is 0 Å². The van der Waals surface area contributed by atoms with Gasteiger partial charge in [-0.25, -0.2) is 4.39 Å². The van der Waals surface area contributed by atoms with Gasteiger partial charge in [0.05, 0.1) is 5.02 Å². The predicted molar refractivity (Wildman–Crippen MR) is 79.1 cm³/mol. The Morgan fingerprint density at radius 3 is 2.74 bits per heavy atom. The van der Waals surface area contributed by atoms with Crippen molar-refractivity contribution in [3.63, 3.8) is 0 Å². The maximum Gasteiger partial charge on any atom is 0.142 e. The SMILES string of the molecule is CNC(Cc1ccc(Cl)c(F)c1)C1CCCC1(C)C. The summed E-state index contributed by atoms with van der Waals surface area (Å²) in [6.45, 7) is 4.69. The summed E-state index contributed by atoms with van der Waals surface area (Å²) >= 11 is 5.73. The molecule has 2 rings (SSSR count). The van der Waals surface area contributed by atoms with Crippen LogP contribution in [0.2, 0.25) is 5.02 Å². The molecule has 1 aliphatic carbocycles. The molecule has 1 N–H and O–H groups in total. The Morgan fingerprint density at radius 2 is 2.21 bits per heavy atom. The number of likely N-dealkylation sites (N-methyl/N-ethyl adjacent to an activating group) is 1. The molecule has 1 fully saturated rings. The van der Waals surface area contributed by atoms with Gasteiger partial charge in [-0.2, -0.15) is 0 Å². The van der Waals surface area contributed by atoms with E-state index in [1.165, 1.54) is 19.3 Å². The normalized spacial score (nSPS) is 23.5. The van der Waals surface area contributed by atoms with Gasteiger partial charge in [-0.3, -0.25) is 0 Å². The molecule has 0 radical (unpaired) electrons. The number of halogens is 2. The highest BCUT2D eigenvalue weighted by atomic mass is 35.5. The van der Waals surface area contributed by atoms with Gasteiger partial charge in [-0.05, 0) is 55.3 Å². The highest BCUT2D eigenvalue weighted by molar-refractivity contribution is 6.30. The molecule has 1 saturated carbocycles. The fourth-order valence-corrected chi connectivity index (χ4v) is 3.58. The van der Waals surface area contributed by atoms with Gasteiger partial charge >= 0.3 is 0 Å². The minimum absolute atomic E-state index is 0.200. The van der Waals surface area contributed by atoms with Gasteiger partial charge in [0.15, 0.2) is 0 Å². The van der Waals surface area contributed by atoms with E-state index in [0.717, 1.165) is 12.0 Å². The highest BCUT2D eigenvalue weighted by Crippen LogP contribution is 2.44. The molecule has 0 bridgehead atoms. The Bertz CT molecular complexity index is 444. The van der Waals surface area contributed by atoms with Crippen molar-refractivity contribution in [2.75, 3.05) is 7.05 Å². The molecule has 0 heterocycles. The average Bonchev–Trinajstić information content (AvgIpc) is 2.70. The van der Waals surface area contributed by atoms with E-state index < -0.39 is 0 Å². The average molecular weight is 284 g/mol. The van der Waals surface area contributed by atoms with Crippen LogP contribution in [-0.4, -0.2) is 13.1 Å². The lowest BCUT2D eigenvalue weighted by Gasteiger charge is -2.34. The molecule has 1 aliphatic rings. The van der Waals surface area contributed by atoms with Crippen molar-refractivity contribution in [3.8, 4) is 0 Å².